The van der Waals surface area contributed by atoms with Gasteiger partial charge in [-0.2, -0.15) is 5.10 Å². The van der Waals surface area contributed by atoms with E-state index in [9.17, 15) is 9.59 Å². The minimum absolute atomic E-state index is 0.0602. The van der Waals surface area contributed by atoms with Crippen LogP contribution >= 0.6 is 0 Å². The van der Waals surface area contributed by atoms with Gasteiger partial charge in [0.2, 0.25) is 11.8 Å². The molecule has 1 aliphatic heterocycles. The lowest BCUT2D eigenvalue weighted by atomic mass is 10.1. The molecule has 7 heteroatoms. The van der Waals surface area contributed by atoms with Gasteiger partial charge in [0.1, 0.15) is 0 Å². The standard InChI is InChI=1S/C16H21N5O2/c1-20(2)8-7-17-16(23)11-9-14(22)21(10-11)15-12-5-3-4-6-13(12)18-19-15/h3-6,11H,7-10H2,1-2H3,(H,17,23)(H,18,19). The van der Waals surface area contributed by atoms with Crippen LogP contribution in [0.5, 0.6) is 0 Å². The molecule has 2 heterocycles. The number of aromatic amines is 1. The van der Waals surface area contributed by atoms with Crippen molar-refractivity contribution in [3.8, 4) is 0 Å². The number of anilines is 1. The third kappa shape index (κ3) is 3.19. The van der Waals surface area contributed by atoms with E-state index in [-0.39, 0.29) is 24.2 Å². The van der Waals surface area contributed by atoms with E-state index >= 15 is 0 Å². The molecule has 1 atom stereocenters. The Bertz CT molecular complexity index is 724. The van der Waals surface area contributed by atoms with Gasteiger partial charge in [0.25, 0.3) is 0 Å². The number of nitrogens with one attached hydrogen (secondary N) is 2. The summed E-state index contributed by atoms with van der Waals surface area (Å²) in [6, 6.07) is 7.66. The molecule has 1 aliphatic rings. The van der Waals surface area contributed by atoms with Gasteiger partial charge in [0, 0.05) is 31.4 Å². The molecule has 2 N–H and O–H groups in total. The van der Waals surface area contributed by atoms with Gasteiger partial charge in [-0.1, -0.05) is 12.1 Å². The van der Waals surface area contributed by atoms with Gasteiger partial charge in [0.15, 0.2) is 5.82 Å². The number of H-pyrrole nitrogens is 1. The molecule has 3 rings (SSSR count). The van der Waals surface area contributed by atoms with Gasteiger partial charge in [-0.3, -0.25) is 19.6 Å². The van der Waals surface area contributed by atoms with Crippen LogP contribution < -0.4 is 10.2 Å². The second-order valence-corrected chi connectivity index (χ2v) is 6.09. The summed E-state index contributed by atoms with van der Waals surface area (Å²) in [6.07, 6.45) is 0.231. The Balaban J connectivity index is 1.69. The molecule has 1 aromatic carbocycles. The molecule has 2 aromatic rings. The summed E-state index contributed by atoms with van der Waals surface area (Å²) >= 11 is 0. The Morgan fingerprint density at radius 2 is 2.22 bits per heavy atom. The molecule has 23 heavy (non-hydrogen) atoms. The lowest BCUT2D eigenvalue weighted by Crippen LogP contribution is -2.36. The maximum Gasteiger partial charge on any atom is 0.229 e. The van der Waals surface area contributed by atoms with Crippen LogP contribution in [0.15, 0.2) is 24.3 Å². The van der Waals surface area contributed by atoms with E-state index in [4.69, 9.17) is 0 Å². The van der Waals surface area contributed by atoms with Gasteiger partial charge in [-0.25, -0.2) is 0 Å². The number of amides is 2. The van der Waals surface area contributed by atoms with Crippen molar-refractivity contribution < 1.29 is 9.59 Å². The first kappa shape index (κ1) is 15.5. The molecule has 1 fully saturated rings. The number of fused-ring (bicyclic) bond motifs is 1. The first-order valence-electron chi connectivity index (χ1n) is 7.72. The van der Waals surface area contributed by atoms with E-state index < -0.39 is 0 Å². The number of aromatic nitrogens is 2. The number of hydrogen-bond donors (Lipinski definition) is 2. The number of carbonyl (C=O) groups is 2. The summed E-state index contributed by atoms with van der Waals surface area (Å²) in [5, 5.41) is 11.0. The van der Waals surface area contributed by atoms with Crippen LogP contribution in [-0.2, 0) is 9.59 Å². The van der Waals surface area contributed by atoms with Crippen LogP contribution in [-0.4, -0.2) is 60.6 Å². The molecular weight excluding hydrogens is 294 g/mol. The Hall–Kier alpha value is -2.41. The predicted octanol–water partition coefficient (Wildman–Crippen LogP) is 0.594. The molecular formula is C16H21N5O2. The molecule has 0 saturated carbocycles. The van der Waals surface area contributed by atoms with Gasteiger partial charge >= 0.3 is 0 Å². The van der Waals surface area contributed by atoms with Gasteiger partial charge in [0.05, 0.1) is 11.4 Å². The van der Waals surface area contributed by atoms with Crippen molar-refractivity contribution in [3.05, 3.63) is 24.3 Å². The number of hydrogen-bond acceptors (Lipinski definition) is 4. The van der Waals surface area contributed by atoms with Crippen LogP contribution in [0, 0.1) is 5.92 Å². The average Bonchev–Trinajstić information content (AvgIpc) is 3.10. The molecule has 7 nitrogen and oxygen atoms in total. The summed E-state index contributed by atoms with van der Waals surface area (Å²) < 4.78 is 0. The van der Waals surface area contributed by atoms with E-state index in [2.05, 4.69) is 15.5 Å². The highest BCUT2D eigenvalue weighted by Gasteiger charge is 2.36. The van der Waals surface area contributed by atoms with E-state index in [1.54, 1.807) is 4.90 Å². The van der Waals surface area contributed by atoms with Gasteiger partial charge in [-0.05, 0) is 26.2 Å². The van der Waals surface area contributed by atoms with Crippen LogP contribution in [0.2, 0.25) is 0 Å². The minimum atomic E-state index is -0.319. The quantitative estimate of drug-likeness (QED) is 0.846. The van der Waals surface area contributed by atoms with Crippen molar-refractivity contribution in [3.63, 3.8) is 0 Å². The minimum Gasteiger partial charge on any atom is -0.355 e. The molecule has 0 bridgehead atoms. The molecule has 1 saturated heterocycles. The van der Waals surface area contributed by atoms with Crippen molar-refractivity contribution >= 4 is 28.5 Å². The topological polar surface area (TPSA) is 81.3 Å². The Morgan fingerprint density at radius 1 is 1.43 bits per heavy atom. The van der Waals surface area contributed by atoms with Crippen molar-refractivity contribution in [2.24, 2.45) is 5.92 Å². The molecule has 1 unspecified atom stereocenters. The lowest BCUT2D eigenvalue weighted by Gasteiger charge is -2.15. The summed E-state index contributed by atoms with van der Waals surface area (Å²) in [6.45, 7) is 1.74. The fraction of sp³-hybridized carbons (Fsp3) is 0.438. The summed E-state index contributed by atoms with van der Waals surface area (Å²) in [5.41, 5.74) is 0.884. The molecule has 1 aromatic heterocycles. The van der Waals surface area contributed by atoms with Crippen LogP contribution in [0.25, 0.3) is 10.9 Å². The van der Waals surface area contributed by atoms with E-state index in [1.165, 1.54) is 0 Å². The zero-order valence-electron chi connectivity index (χ0n) is 13.4. The number of likely N-dealkylation sites (N-methyl/N-ethyl adjacent to an activating group) is 1. The zero-order valence-corrected chi connectivity index (χ0v) is 13.4. The van der Waals surface area contributed by atoms with E-state index in [0.29, 0.717) is 18.9 Å². The zero-order chi connectivity index (χ0) is 16.4. The highest BCUT2D eigenvalue weighted by atomic mass is 16.2. The molecule has 2 amide bonds. The largest absolute Gasteiger partial charge is 0.355 e. The second kappa shape index (κ2) is 6.37. The lowest BCUT2D eigenvalue weighted by molar-refractivity contribution is -0.126. The van der Waals surface area contributed by atoms with Crippen LogP contribution in [0.3, 0.4) is 0 Å². The smallest absolute Gasteiger partial charge is 0.229 e. The molecule has 0 radical (unpaired) electrons. The summed E-state index contributed by atoms with van der Waals surface area (Å²) in [4.78, 5) is 28.1. The molecule has 0 spiro atoms. The highest BCUT2D eigenvalue weighted by Crippen LogP contribution is 2.29. The Labute approximate surface area is 134 Å². The number of rotatable bonds is 5. The summed E-state index contributed by atoms with van der Waals surface area (Å²) in [7, 11) is 3.91. The predicted molar refractivity (Wildman–Crippen MR) is 88.1 cm³/mol. The van der Waals surface area contributed by atoms with Gasteiger partial charge in [-0.15, -0.1) is 0 Å². The first-order valence-corrected chi connectivity index (χ1v) is 7.72. The Morgan fingerprint density at radius 3 is 3.00 bits per heavy atom. The van der Waals surface area contributed by atoms with Crippen molar-refractivity contribution in [1.82, 2.24) is 20.4 Å². The molecule has 122 valence electrons. The van der Waals surface area contributed by atoms with Gasteiger partial charge < -0.3 is 10.2 Å². The first-order chi connectivity index (χ1) is 11.1. The van der Waals surface area contributed by atoms with Crippen molar-refractivity contribution in [2.45, 2.75) is 6.42 Å². The highest BCUT2D eigenvalue weighted by molar-refractivity contribution is 6.05. The van der Waals surface area contributed by atoms with Crippen LogP contribution in [0.1, 0.15) is 6.42 Å². The van der Waals surface area contributed by atoms with Crippen molar-refractivity contribution in [1.29, 1.82) is 0 Å². The third-order valence-electron chi connectivity index (χ3n) is 4.06. The monoisotopic (exact) mass is 315 g/mol. The SMILES string of the molecule is CN(C)CCNC(=O)C1CC(=O)N(c2n[nH]c3ccccc23)C1. The number of benzene rings is 1. The van der Waals surface area contributed by atoms with E-state index in [0.717, 1.165) is 17.4 Å². The fourth-order valence-electron chi connectivity index (χ4n) is 2.79. The second-order valence-electron chi connectivity index (χ2n) is 6.09. The molecule has 0 aliphatic carbocycles. The van der Waals surface area contributed by atoms with Crippen LogP contribution in [0.4, 0.5) is 5.82 Å². The average molecular weight is 315 g/mol. The van der Waals surface area contributed by atoms with E-state index in [1.807, 2.05) is 43.3 Å². The number of nitrogens with zero attached hydrogens (tertiary/aromatic N) is 3. The van der Waals surface area contributed by atoms with Crippen molar-refractivity contribution in [2.75, 3.05) is 38.6 Å². The maximum absolute atomic E-state index is 12.3. The summed E-state index contributed by atoms with van der Waals surface area (Å²) in [5.74, 6) is 0.159. The third-order valence-corrected chi connectivity index (χ3v) is 4.06. The number of carbonyl (C=O) groups excluding carboxylic acids is 2. The fourth-order valence-corrected chi connectivity index (χ4v) is 2.79. The number of para-hydroxylation sites is 1. The maximum atomic E-state index is 12.3. The Kier molecular flexibility index (Phi) is 4.29. The normalized spacial score (nSPS) is 18.1.